The van der Waals surface area contributed by atoms with E-state index in [-0.39, 0.29) is 0 Å². The van der Waals surface area contributed by atoms with Crippen molar-refractivity contribution in [3.05, 3.63) is 54.6 Å². The normalized spacial score (nSPS) is 11.2. The molecule has 0 amide bonds. The van der Waals surface area contributed by atoms with Crippen LogP contribution in [0.25, 0.3) is 0 Å². The number of thiophene rings is 1. The number of hydrogen-bond acceptors (Lipinski definition) is 2. The molecule has 0 aliphatic heterocycles. The lowest BCUT2D eigenvalue weighted by Crippen LogP contribution is -2.11. The maximum absolute atomic E-state index is 3.52. The molecule has 0 bridgehead atoms. The lowest BCUT2D eigenvalue weighted by atomic mass is 10.0. The highest BCUT2D eigenvalue weighted by molar-refractivity contribution is 9.13. The van der Waals surface area contributed by atoms with Gasteiger partial charge >= 0.3 is 0 Å². The second kappa shape index (κ2) is 7.02. The van der Waals surface area contributed by atoms with Crippen molar-refractivity contribution in [2.75, 3.05) is 0 Å². The molecule has 0 saturated heterocycles. The Labute approximate surface area is 135 Å². The van der Waals surface area contributed by atoms with E-state index in [0.29, 0.717) is 5.92 Å². The first kappa shape index (κ1) is 15.2. The highest BCUT2D eigenvalue weighted by Crippen LogP contribution is 2.32. The van der Waals surface area contributed by atoms with Gasteiger partial charge in [-0.2, -0.15) is 0 Å². The van der Waals surface area contributed by atoms with Gasteiger partial charge in [-0.3, -0.25) is 0 Å². The minimum Gasteiger partial charge on any atom is -0.308 e. The Morgan fingerprint density at radius 3 is 2.32 bits per heavy atom. The molecule has 4 heteroatoms. The van der Waals surface area contributed by atoms with Gasteiger partial charge in [-0.25, -0.2) is 0 Å². The van der Waals surface area contributed by atoms with Gasteiger partial charge in [0.2, 0.25) is 0 Å². The van der Waals surface area contributed by atoms with Crippen molar-refractivity contribution in [3.8, 4) is 0 Å². The van der Waals surface area contributed by atoms with Crippen LogP contribution in [0.2, 0.25) is 0 Å². The second-order valence-corrected chi connectivity index (χ2v) is 8.14. The Morgan fingerprint density at radius 1 is 1.11 bits per heavy atom. The fourth-order valence-corrected chi connectivity index (χ4v) is 3.98. The largest absolute Gasteiger partial charge is 0.308 e. The topological polar surface area (TPSA) is 12.0 Å². The molecule has 102 valence electrons. The Bertz CT molecular complexity index is 512. The van der Waals surface area contributed by atoms with E-state index in [2.05, 4.69) is 81.4 Å². The molecule has 1 N–H and O–H groups in total. The summed E-state index contributed by atoms with van der Waals surface area (Å²) in [6, 6.07) is 11.0. The zero-order valence-corrected chi connectivity index (χ0v) is 15.0. The Hall–Kier alpha value is -0.160. The molecule has 1 nitrogen and oxygen atoms in total. The van der Waals surface area contributed by atoms with Gasteiger partial charge in [0.1, 0.15) is 0 Å². The maximum Gasteiger partial charge on any atom is 0.0843 e. The first-order valence-electron chi connectivity index (χ1n) is 6.29. The monoisotopic (exact) mass is 401 g/mol. The second-order valence-electron chi connectivity index (χ2n) is 4.83. The lowest BCUT2D eigenvalue weighted by Gasteiger charge is -2.07. The molecule has 0 unspecified atom stereocenters. The molecule has 2 rings (SSSR count). The molecule has 1 heterocycles. The molecular weight excluding hydrogens is 386 g/mol. The average molecular weight is 403 g/mol. The quantitative estimate of drug-likeness (QED) is 0.677. The van der Waals surface area contributed by atoms with Gasteiger partial charge < -0.3 is 5.32 Å². The minimum atomic E-state index is 0.600. The molecular formula is C15H17Br2NS. The fourth-order valence-electron chi connectivity index (χ4n) is 1.83. The summed E-state index contributed by atoms with van der Waals surface area (Å²) in [5, 5.41) is 3.48. The number of rotatable bonds is 5. The van der Waals surface area contributed by atoms with Crippen LogP contribution in [0.3, 0.4) is 0 Å². The van der Waals surface area contributed by atoms with Crippen LogP contribution in [0, 0.1) is 0 Å². The first-order valence-corrected chi connectivity index (χ1v) is 8.70. The summed E-state index contributed by atoms with van der Waals surface area (Å²) < 4.78 is 2.29. The van der Waals surface area contributed by atoms with Gasteiger partial charge in [0.15, 0.2) is 0 Å². The third-order valence-corrected chi connectivity index (χ3v) is 6.23. The third kappa shape index (κ3) is 4.42. The number of halogens is 2. The van der Waals surface area contributed by atoms with E-state index in [1.54, 1.807) is 11.3 Å². The molecule has 19 heavy (non-hydrogen) atoms. The van der Waals surface area contributed by atoms with Gasteiger partial charge in [-0.05, 0) is 55.0 Å². The summed E-state index contributed by atoms with van der Waals surface area (Å²) in [6.45, 7) is 6.26. The molecule has 1 aromatic heterocycles. The summed E-state index contributed by atoms with van der Waals surface area (Å²) in [5.41, 5.74) is 2.73. The SMILES string of the molecule is CC(C)c1ccc(CNCc2cc(Br)c(Br)s2)cc1. The van der Waals surface area contributed by atoms with Crippen LogP contribution in [-0.2, 0) is 13.1 Å². The summed E-state index contributed by atoms with van der Waals surface area (Å²) in [5.74, 6) is 0.600. The zero-order chi connectivity index (χ0) is 13.8. The zero-order valence-electron chi connectivity index (χ0n) is 11.0. The van der Waals surface area contributed by atoms with E-state index in [1.807, 2.05) is 0 Å². The van der Waals surface area contributed by atoms with Gasteiger partial charge in [0.25, 0.3) is 0 Å². The van der Waals surface area contributed by atoms with Crippen LogP contribution in [0.5, 0.6) is 0 Å². The molecule has 0 fully saturated rings. The maximum atomic E-state index is 3.52. The van der Waals surface area contributed by atoms with Crippen LogP contribution in [-0.4, -0.2) is 0 Å². The molecule has 0 radical (unpaired) electrons. The van der Waals surface area contributed by atoms with E-state index in [1.165, 1.54) is 16.0 Å². The molecule has 0 aliphatic rings. The first-order chi connectivity index (χ1) is 9.06. The summed E-state index contributed by atoms with van der Waals surface area (Å²) >= 11 is 8.79. The van der Waals surface area contributed by atoms with Crippen molar-refractivity contribution in [2.45, 2.75) is 32.9 Å². The standard InChI is InChI=1S/C15H17Br2NS/c1-10(2)12-5-3-11(4-6-12)8-18-9-13-7-14(16)15(17)19-13/h3-7,10,18H,8-9H2,1-2H3. The van der Waals surface area contributed by atoms with E-state index >= 15 is 0 Å². The van der Waals surface area contributed by atoms with Crippen molar-refractivity contribution in [2.24, 2.45) is 0 Å². The third-order valence-electron chi connectivity index (χ3n) is 2.97. The molecule has 2 aromatic rings. The number of nitrogens with one attached hydrogen (secondary N) is 1. The predicted molar refractivity (Wildman–Crippen MR) is 90.8 cm³/mol. The Balaban J connectivity index is 1.85. The van der Waals surface area contributed by atoms with E-state index < -0.39 is 0 Å². The van der Waals surface area contributed by atoms with E-state index in [9.17, 15) is 0 Å². The van der Waals surface area contributed by atoms with Crippen LogP contribution in [0.4, 0.5) is 0 Å². The Kier molecular flexibility index (Phi) is 5.63. The highest BCUT2D eigenvalue weighted by atomic mass is 79.9. The van der Waals surface area contributed by atoms with Gasteiger partial charge in [0, 0.05) is 22.4 Å². The Morgan fingerprint density at radius 2 is 1.79 bits per heavy atom. The van der Waals surface area contributed by atoms with Crippen LogP contribution in [0.15, 0.2) is 38.6 Å². The molecule has 0 aliphatic carbocycles. The van der Waals surface area contributed by atoms with Crippen LogP contribution < -0.4 is 5.32 Å². The molecule has 0 spiro atoms. The lowest BCUT2D eigenvalue weighted by molar-refractivity contribution is 0.700. The van der Waals surface area contributed by atoms with Crippen molar-refractivity contribution in [1.29, 1.82) is 0 Å². The minimum absolute atomic E-state index is 0.600. The summed E-state index contributed by atoms with van der Waals surface area (Å²) in [4.78, 5) is 1.33. The van der Waals surface area contributed by atoms with E-state index in [0.717, 1.165) is 21.3 Å². The van der Waals surface area contributed by atoms with Crippen molar-refractivity contribution in [1.82, 2.24) is 5.32 Å². The number of benzene rings is 1. The van der Waals surface area contributed by atoms with Gasteiger partial charge in [-0.15, -0.1) is 11.3 Å². The average Bonchev–Trinajstić information content (AvgIpc) is 2.69. The smallest absolute Gasteiger partial charge is 0.0843 e. The van der Waals surface area contributed by atoms with Gasteiger partial charge in [0.05, 0.1) is 3.79 Å². The summed E-state index contributed by atoms with van der Waals surface area (Å²) in [6.07, 6.45) is 0. The van der Waals surface area contributed by atoms with E-state index in [4.69, 9.17) is 0 Å². The fraction of sp³-hybridized carbons (Fsp3) is 0.333. The van der Waals surface area contributed by atoms with Crippen molar-refractivity contribution in [3.63, 3.8) is 0 Å². The predicted octanol–water partition coefficient (Wildman–Crippen LogP) is 5.69. The summed E-state index contributed by atoms with van der Waals surface area (Å²) in [7, 11) is 0. The molecule has 0 atom stereocenters. The van der Waals surface area contributed by atoms with Gasteiger partial charge in [-0.1, -0.05) is 38.1 Å². The van der Waals surface area contributed by atoms with Crippen LogP contribution in [0.1, 0.15) is 35.8 Å². The molecule has 0 saturated carbocycles. The van der Waals surface area contributed by atoms with Crippen molar-refractivity contribution < 1.29 is 0 Å². The number of hydrogen-bond donors (Lipinski definition) is 1. The van der Waals surface area contributed by atoms with Crippen molar-refractivity contribution >= 4 is 43.2 Å². The highest BCUT2D eigenvalue weighted by Gasteiger charge is 2.04. The molecule has 1 aromatic carbocycles. The van der Waals surface area contributed by atoms with Crippen LogP contribution >= 0.6 is 43.2 Å².